The summed E-state index contributed by atoms with van der Waals surface area (Å²) in [6.07, 6.45) is 5.13. The normalized spacial score (nSPS) is 10.5. The molecule has 0 saturated heterocycles. The average Bonchev–Trinajstić information content (AvgIpc) is 3.17. The first-order valence-electron chi connectivity index (χ1n) is 8.08. The molecular weight excluding hydrogens is 334 g/mol. The van der Waals surface area contributed by atoms with Gasteiger partial charge in [0.15, 0.2) is 0 Å². The van der Waals surface area contributed by atoms with Crippen LogP contribution in [0.25, 0.3) is 5.69 Å². The molecule has 2 aromatic heterocycles. The largest absolute Gasteiger partial charge is 0.491 e. The first kappa shape index (κ1) is 17.6. The van der Waals surface area contributed by atoms with Crippen LogP contribution in [0.1, 0.15) is 16.1 Å². The lowest BCUT2D eigenvalue weighted by atomic mass is 10.2. The summed E-state index contributed by atoms with van der Waals surface area (Å²) in [5.74, 6) is 0.505. The Kier molecular flexibility index (Phi) is 5.89. The molecule has 0 atom stereocenters. The van der Waals surface area contributed by atoms with Gasteiger partial charge in [0, 0.05) is 25.1 Å². The number of carbonyl (C=O) groups excluding carboxylic acids is 1. The van der Waals surface area contributed by atoms with Crippen LogP contribution in [0.5, 0.6) is 5.75 Å². The van der Waals surface area contributed by atoms with Crippen molar-refractivity contribution in [3.63, 3.8) is 0 Å². The maximum atomic E-state index is 12.2. The summed E-state index contributed by atoms with van der Waals surface area (Å²) >= 11 is 0. The fourth-order valence-electron chi connectivity index (χ4n) is 2.22. The fourth-order valence-corrected chi connectivity index (χ4v) is 2.22. The van der Waals surface area contributed by atoms with Gasteiger partial charge in [-0.05, 0) is 36.4 Å². The molecule has 134 valence electrons. The zero-order valence-electron chi connectivity index (χ0n) is 14.3. The molecule has 0 aliphatic rings. The Bertz CT molecular complexity index is 834. The topological polar surface area (TPSA) is 91.2 Å². The van der Waals surface area contributed by atoms with Crippen LogP contribution in [0.15, 0.2) is 55.0 Å². The molecule has 1 aromatic carbocycles. The van der Waals surface area contributed by atoms with E-state index in [1.165, 1.54) is 0 Å². The van der Waals surface area contributed by atoms with Crippen molar-refractivity contribution >= 4 is 5.91 Å². The second-order valence-electron chi connectivity index (χ2n) is 5.41. The maximum Gasteiger partial charge on any atom is 0.251 e. The number of hydrogen-bond donors (Lipinski definition) is 1. The first-order chi connectivity index (χ1) is 12.8. The number of pyridine rings is 1. The molecule has 0 bridgehead atoms. The predicted molar refractivity (Wildman–Crippen MR) is 94.1 cm³/mol. The molecule has 0 fully saturated rings. The van der Waals surface area contributed by atoms with Gasteiger partial charge in [0.1, 0.15) is 18.1 Å². The Morgan fingerprint density at radius 2 is 1.88 bits per heavy atom. The van der Waals surface area contributed by atoms with Crippen molar-refractivity contribution in [1.29, 1.82) is 0 Å². The monoisotopic (exact) mass is 353 g/mol. The van der Waals surface area contributed by atoms with Crippen LogP contribution in [0, 0.1) is 0 Å². The molecule has 2 heterocycles. The van der Waals surface area contributed by atoms with Crippen LogP contribution in [0.2, 0.25) is 0 Å². The number of nitrogens with zero attached hydrogens (tertiary/aromatic N) is 4. The van der Waals surface area contributed by atoms with Gasteiger partial charge in [-0.15, -0.1) is 5.10 Å². The van der Waals surface area contributed by atoms with Gasteiger partial charge in [0.25, 0.3) is 5.91 Å². The molecule has 0 unspecified atom stereocenters. The second kappa shape index (κ2) is 8.72. The quantitative estimate of drug-likeness (QED) is 0.619. The number of benzene rings is 1. The van der Waals surface area contributed by atoms with Crippen molar-refractivity contribution in [3.05, 3.63) is 66.2 Å². The third kappa shape index (κ3) is 4.64. The van der Waals surface area contributed by atoms with Gasteiger partial charge in [-0.3, -0.25) is 9.78 Å². The SMILES string of the molecule is COCCOc1ccc(C(=O)NCc2cn(-c3ccncc3)nn2)cc1. The van der Waals surface area contributed by atoms with Gasteiger partial charge < -0.3 is 14.8 Å². The van der Waals surface area contributed by atoms with Crippen molar-refractivity contribution in [2.24, 2.45) is 0 Å². The standard InChI is InChI=1S/C18H19N5O3/c1-25-10-11-26-17-4-2-14(3-5-17)18(24)20-12-15-13-23(22-21-15)16-6-8-19-9-7-16/h2-9,13H,10-12H2,1H3,(H,20,24). The molecule has 1 N–H and O–H groups in total. The van der Waals surface area contributed by atoms with Crippen molar-refractivity contribution in [3.8, 4) is 11.4 Å². The van der Waals surface area contributed by atoms with E-state index < -0.39 is 0 Å². The molecule has 8 nitrogen and oxygen atoms in total. The Morgan fingerprint density at radius 1 is 1.12 bits per heavy atom. The van der Waals surface area contributed by atoms with Crippen molar-refractivity contribution in [2.45, 2.75) is 6.54 Å². The molecule has 1 amide bonds. The number of aromatic nitrogens is 4. The minimum absolute atomic E-state index is 0.188. The molecule has 0 aliphatic heterocycles. The number of amides is 1. The van der Waals surface area contributed by atoms with Crippen LogP contribution < -0.4 is 10.1 Å². The van der Waals surface area contributed by atoms with E-state index in [1.807, 2.05) is 12.1 Å². The van der Waals surface area contributed by atoms with E-state index >= 15 is 0 Å². The predicted octanol–water partition coefficient (Wildman–Crippen LogP) is 1.62. The molecule has 0 aliphatic carbocycles. The lowest BCUT2D eigenvalue weighted by molar-refractivity contribution is 0.0950. The molecule has 26 heavy (non-hydrogen) atoms. The Labute approximate surface area is 150 Å². The summed E-state index contributed by atoms with van der Waals surface area (Å²) in [6.45, 7) is 1.27. The zero-order chi connectivity index (χ0) is 18.2. The van der Waals surface area contributed by atoms with Crippen LogP contribution in [-0.2, 0) is 11.3 Å². The number of nitrogens with one attached hydrogen (secondary N) is 1. The third-order valence-corrected chi connectivity index (χ3v) is 3.57. The van der Waals surface area contributed by atoms with E-state index in [1.54, 1.807) is 54.6 Å². The summed E-state index contributed by atoms with van der Waals surface area (Å²) in [7, 11) is 1.62. The highest BCUT2D eigenvalue weighted by molar-refractivity contribution is 5.94. The highest BCUT2D eigenvalue weighted by atomic mass is 16.5. The van der Waals surface area contributed by atoms with E-state index in [2.05, 4.69) is 20.6 Å². The number of carbonyl (C=O) groups is 1. The van der Waals surface area contributed by atoms with E-state index in [0.717, 1.165) is 5.69 Å². The summed E-state index contributed by atoms with van der Waals surface area (Å²) in [4.78, 5) is 16.2. The van der Waals surface area contributed by atoms with Crippen molar-refractivity contribution < 1.29 is 14.3 Å². The number of ether oxygens (including phenoxy) is 2. The smallest absolute Gasteiger partial charge is 0.251 e. The first-order valence-corrected chi connectivity index (χ1v) is 8.08. The summed E-state index contributed by atoms with van der Waals surface area (Å²) < 4.78 is 12.0. The average molecular weight is 353 g/mol. The van der Waals surface area contributed by atoms with E-state index in [4.69, 9.17) is 9.47 Å². The van der Waals surface area contributed by atoms with Crippen molar-refractivity contribution in [2.75, 3.05) is 20.3 Å². The van der Waals surface area contributed by atoms with Gasteiger partial charge >= 0.3 is 0 Å². The van der Waals surface area contributed by atoms with Crippen molar-refractivity contribution in [1.82, 2.24) is 25.3 Å². The molecule has 3 rings (SSSR count). The molecule has 0 radical (unpaired) electrons. The number of hydrogen-bond acceptors (Lipinski definition) is 6. The Hall–Kier alpha value is -3.26. The highest BCUT2D eigenvalue weighted by Crippen LogP contribution is 2.12. The molecule has 0 saturated carbocycles. The summed E-state index contributed by atoms with van der Waals surface area (Å²) in [6, 6.07) is 10.6. The Balaban J connectivity index is 1.53. The Morgan fingerprint density at radius 3 is 2.62 bits per heavy atom. The highest BCUT2D eigenvalue weighted by Gasteiger charge is 2.08. The summed E-state index contributed by atoms with van der Waals surface area (Å²) in [5.41, 5.74) is 2.06. The lowest BCUT2D eigenvalue weighted by Crippen LogP contribution is -2.22. The fraction of sp³-hybridized carbons (Fsp3) is 0.222. The van der Waals surface area contributed by atoms with E-state index in [-0.39, 0.29) is 12.5 Å². The minimum atomic E-state index is -0.188. The zero-order valence-corrected chi connectivity index (χ0v) is 14.3. The van der Waals surface area contributed by atoms with Gasteiger partial charge in [-0.25, -0.2) is 4.68 Å². The van der Waals surface area contributed by atoms with E-state index in [9.17, 15) is 4.79 Å². The van der Waals surface area contributed by atoms with Crippen LogP contribution in [0.3, 0.4) is 0 Å². The van der Waals surface area contributed by atoms with Crippen LogP contribution in [0.4, 0.5) is 0 Å². The van der Waals surface area contributed by atoms with E-state index in [0.29, 0.717) is 30.2 Å². The molecule has 3 aromatic rings. The third-order valence-electron chi connectivity index (χ3n) is 3.57. The van der Waals surface area contributed by atoms with Crippen LogP contribution >= 0.6 is 0 Å². The number of rotatable bonds is 8. The second-order valence-corrected chi connectivity index (χ2v) is 5.41. The lowest BCUT2D eigenvalue weighted by Gasteiger charge is -2.07. The van der Waals surface area contributed by atoms with Gasteiger partial charge in [-0.1, -0.05) is 5.21 Å². The van der Waals surface area contributed by atoms with Gasteiger partial charge in [0.2, 0.25) is 0 Å². The summed E-state index contributed by atoms with van der Waals surface area (Å²) in [5, 5.41) is 10.9. The van der Waals surface area contributed by atoms with Crippen LogP contribution in [-0.4, -0.2) is 46.2 Å². The van der Waals surface area contributed by atoms with Gasteiger partial charge in [-0.2, -0.15) is 0 Å². The minimum Gasteiger partial charge on any atom is -0.491 e. The molecular formula is C18H19N5O3. The molecule has 0 spiro atoms. The molecule has 8 heteroatoms. The maximum absolute atomic E-state index is 12.2. The number of methoxy groups -OCH3 is 1. The van der Waals surface area contributed by atoms with Gasteiger partial charge in [0.05, 0.1) is 25.0 Å².